The van der Waals surface area contributed by atoms with Crippen molar-refractivity contribution in [2.24, 2.45) is 0 Å². The molecule has 4 nitrogen and oxygen atoms in total. The molecule has 1 aliphatic heterocycles. The molecular formula is C22H16BrClN2O2. The van der Waals surface area contributed by atoms with Gasteiger partial charge in [0.25, 0.3) is 5.91 Å². The third-order valence-corrected chi connectivity index (χ3v) is 5.38. The van der Waals surface area contributed by atoms with Gasteiger partial charge >= 0.3 is 0 Å². The summed E-state index contributed by atoms with van der Waals surface area (Å²) in [6, 6.07) is 21.7. The molecule has 6 heteroatoms. The number of nitrogens with zero attached hydrogens (tertiary/aromatic N) is 1. The molecule has 0 bridgehead atoms. The molecule has 3 aromatic carbocycles. The van der Waals surface area contributed by atoms with Gasteiger partial charge in [0.1, 0.15) is 6.54 Å². The van der Waals surface area contributed by atoms with Crippen molar-refractivity contribution in [2.75, 3.05) is 11.9 Å². The average molecular weight is 456 g/mol. The van der Waals surface area contributed by atoms with Crippen molar-refractivity contribution in [1.29, 1.82) is 0 Å². The second-order valence-electron chi connectivity index (χ2n) is 6.54. The van der Waals surface area contributed by atoms with Gasteiger partial charge in [0.15, 0.2) is 0 Å². The molecule has 2 amide bonds. The number of nitrogens with one attached hydrogen (secondary N) is 1. The lowest BCUT2D eigenvalue weighted by Crippen LogP contribution is -2.39. The van der Waals surface area contributed by atoms with Crippen LogP contribution in [0.5, 0.6) is 0 Å². The molecule has 0 spiro atoms. The first-order valence-electron chi connectivity index (χ1n) is 8.74. The van der Waals surface area contributed by atoms with Crippen LogP contribution in [0.3, 0.4) is 0 Å². The first kappa shape index (κ1) is 18.7. The summed E-state index contributed by atoms with van der Waals surface area (Å²) in [5.74, 6) is -0.469. The maximum Gasteiger partial charge on any atom is 0.255 e. The number of anilines is 1. The Morgan fingerprint density at radius 3 is 2.57 bits per heavy atom. The van der Waals surface area contributed by atoms with Crippen LogP contribution in [0.4, 0.5) is 5.69 Å². The van der Waals surface area contributed by atoms with Crippen LogP contribution < -0.4 is 5.32 Å². The number of amides is 2. The van der Waals surface area contributed by atoms with Gasteiger partial charge in [-0.25, -0.2) is 0 Å². The molecule has 0 aliphatic carbocycles. The van der Waals surface area contributed by atoms with E-state index in [4.69, 9.17) is 11.6 Å². The predicted octanol–water partition coefficient (Wildman–Crippen LogP) is 5.29. The number of benzene rings is 3. The normalized spacial score (nSPS) is 16.1. The number of halogens is 2. The number of fused-ring (bicyclic) bond motifs is 1. The molecule has 4 rings (SSSR count). The first-order chi connectivity index (χ1) is 13.5. The van der Waals surface area contributed by atoms with Gasteiger partial charge in [-0.15, -0.1) is 0 Å². The third kappa shape index (κ3) is 3.68. The molecule has 0 unspecified atom stereocenters. The molecule has 1 heterocycles. The fourth-order valence-corrected chi connectivity index (χ4v) is 4.03. The smallest absolute Gasteiger partial charge is 0.255 e. The highest BCUT2D eigenvalue weighted by atomic mass is 79.9. The third-order valence-electron chi connectivity index (χ3n) is 4.66. The predicted molar refractivity (Wildman–Crippen MR) is 114 cm³/mol. The van der Waals surface area contributed by atoms with E-state index in [-0.39, 0.29) is 18.4 Å². The summed E-state index contributed by atoms with van der Waals surface area (Å²) in [4.78, 5) is 27.6. The van der Waals surface area contributed by atoms with Gasteiger partial charge in [0.05, 0.1) is 6.04 Å². The van der Waals surface area contributed by atoms with E-state index in [0.717, 1.165) is 15.6 Å². The second kappa shape index (κ2) is 7.78. The molecule has 1 atom stereocenters. The minimum absolute atomic E-state index is 0.0583. The van der Waals surface area contributed by atoms with Gasteiger partial charge in [0, 0.05) is 26.3 Å². The van der Waals surface area contributed by atoms with E-state index in [9.17, 15) is 9.59 Å². The fourth-order valence-electron chi connectivity index (χ4n) is 3.45. The van der Waals surface area contributed by atoms with E-state index in [1.54, 1.807) is 41.3 Å². The highest BCUT2D eigenvalue weighted by molar-refractivity contribution is 9.10. The van der Waals surface area contributed by atoms with E-state index < -0.39 is 6.04 Å². The zero-order valence-corrected chi connectivity index (χ0v) is 17.1. The van der Waals surface area contributed by atoms with Crippen LogP contribution in [0.1, 0.15) is 27.5 Å². The maximum atomic E-state index is 13.4. The Morgan fingerprint density at radius 2 is 1.82 bits per heavy atom. The molecule has 28 heavy (non-hydrogen) atoms. The summed E-state index contributed by atoms with van der Waals surface area (Å²) in [6.45, 7) is -0.0583. The zero-order valence-electron chi connectivity index (χ0n) is 14.7. The SMILES string of the molecule is O=C1CN(C(=O)c2cccc(Br)c2)[C@@H](c2ccccc2)c2cc(Cl)ccc2N1. The van der Waals surface area contributed by atoms with Crippen LogP contribution >= 0.6 is 27.5 Å². The monoisotopic (exact) mass is 454 g/mol. The van der Waals surface area contributed by atoms with Crippen LogP contribution in [0, 0.1) is 0 Å². The van der Waals surface area contributed by atoms with Crippen molar-refractivity contribution in [3.8, 4) is 0 Å². The Labute approximate surface area is 176 Å². The van der Waals surface area contributed by atoms with Gasteiger partial charge in [-0.1, -0.05) is 63.9 Å². The van der Waals surface area contributed by atoms with Crippen LogP contribution in [0.15, 0.2) is 77.3 Å². The Balaban J connectivity index is 1.89. The van der Waals surface area contributed by atoms with Crippen LogP contribution in [0.25, 0.3) is 0 Å². The first-order valence-corrected chi connectivity index (χ1v) is 9.91. The standard InChI is InChI=1S/C22H16BrClN2O2/c23-16-8-4-7-15(11-16)22(28)26-13-20(27)25-19-10-9-17(24)12-18(19)21(26)14-5-2-1-3-6-14/h1-12,21H,13H2,(H,25,27)/t21-/m0/s1. The van der Waals surface area contributed by atoms with Crippen molar-refractivity contribution in [1.82, 2.24) is 4.90 Å². The van der Waals surface area contributed by atoms with Crippen LogP contribution in [0.2, 0.25) is 5.02 Å². The largest absolute Gasteiger partial charge is 0.324 e. The molecule has 0 saturated heterocycles. The highest BCUT2D eigenvalue weighted by Crippen LogP contribution is 2.38. The molecule has 0 fully saturated rings. The number of carbonyl (C=O) groups is 2. The Bertz CT molecular complexity index is 1060. The summed E-state index contributed by atoms with van der Waals surface area (Å²) in [5.41, 5.74) is 2.86. The van der Waals surface area contributed by atoms with Gasteiger partial charge in [-0.05, 0) is 42.0 Å². The summed E-state index contributed by atoms with van der Waals surface area (Å²) in [6.07, 6.45) is 0. The van der Waals surface area contributed by atoms with Crippen molar-refractivity contribution in [3.63, 3.8) is 0 Å². The van der Waals surface area contributed by atoms with E-state index >= 15 is 0 Å². The molecule has 0 aromatic heterocycles. The minimum atomic E-state index is -0.444. The van der Waals surface area contributed by atoms with E-state index in [2.05, 4.69) is 21.2 Å². The van der Waals surface area contributed by atoms with E-state index in [1.165, 1.54) is 0 Å². The number of hydrogen-bond donors (Lipinski definition) is 1. The molecule has 1 N–H and O–H groups in total. The molecule has 1 aliphatic rings. The van der Waals surface area contributed by atoms with Gasteiger partial charge in [-0.2, -0.15) is 0 Å². The summed E-state index contributed by atoms with van der Waals surface area (Å²) >= 11 is 9.67. The van der Waals surface area contributed by atoms with Crippen molar-refractivity contribution >= 4 is 45.0 Å². The number of hydrogen-bond acceptors (Lipinski definition) is 2. The maximum absolute atomic E-state index is 13.4. The van der Waals surface area contributed by atoms with Gasteiger partial charge in [0.2, 0.25) is 5.91 Å². The Morgan fingerprint density at radius 1 is 1.04 bits per heavy atom. The van der Waals surface area contributed by atoms with Crippen molar-refractivity contribution in [3.05, 3.63) is 99.0 Å². The fraction of sp³-hybridized carbons (Fsp3) is 0.0909. The van der Waals surface area contributed by atoms with Crippen molar-refractivity contribution in [2.45, 2.75) is 6.04 Å². The molecule has 140 valence electrons. The van der Waals surface area contributed by atoms with E-state index in [1.807, 2.05) is 36.4 Å². The lowest BCUT2D eigenvalue weighted by Gasteiger charge is -2.30. The topological polar surface area (TPSA) is 49.4 Å². The molecule has 3 aromatic rings. The lowest BCUT2D eigenvalue weighted by molar-refractivity contribution is -0.117. The average Bonchev–Trinajstić information content (AvgIpc) is 2.83. The van der Waals surface area contributed by atoms with Crippen LogP contribution in [-0.2, 0) is 4.79 Å². The summed E-state index contributed by atoms with van der Waals surface area (Å²) in [5, 5.41) is 3.44. The Hall–Kier alpha value is -2.63. The van der Waals surface area contributed by atoms with Crippen molar-refractivity contribution < 1.29 is 9.59 Å². The lowest BCUT2D eigenvalue weighted by atomic mass is 9.95. The highest BCUT2D eigenvalue weighted by Gasteiger charge is 2.34. The second-order valence-corrected chi connectivity index (χ2v) is 7.89. The van der Waals surface area contributed by atoms with E-state index in [0.29, 0.717) is 16.3 Å². The minimum Gasteiger partial charge on any atom is -0.324 e. The Kier molecular flexibility index (Phi) is 5.20. The molecular weight excluding hydrogens is 440 g/mol. The molecule has 0 saturated carbocycles. The van der Waals surface area contributed by atoms with Crippen LogP contribution in [-0.4, -0.2) is 23.3 Å². The van der Waals surface area contributed by atoms with Gasteiger partial charge < -0.3 is 10.2 Å². The summed E-state index contributed by atoms with van der Waals surface area (Å²) in [7, 11) is 0. The number of rotatable bonds is 2. The zero-order chi connectivity index (χ0) is 19.7. The quantitative estimate of drug-likeness (QED) is 0.571. The summed E-state index contributed by atoms with van der Waals surface area (Å²) < 4.78 is 0.803. The number of carbonyl (C=O) groups excluding carboxylic acids is 2. The molecule has 0 radical (unpaired) electrons. The van der Waals surface area contributed by atoms with Gasteiger partial charge in [-0.3, -0.25) is 9.59 Å².